The summed E-state index contributed by atoms with van der Waals surface area (Å²) in [5.74, 6) is 1.48. The van der Waals surface area contributed by atoms with Crippen LogP contribution in [0.3, 0.4) is 0 Å². The number of anilines is 1. The van der Waals surface area contributed by atoms with E-state index in [9.17, 15) is 14.9 Å². The normalized spacial score (nSPS) is 18.1. The SMILES string of the molecule is COc1ccc(NC(=O)C2CSCN2)c([N+](=O)[O-])c1. The van der Waals surface area contributed by atoms with Crippen LogP contribution in [0.1, 0.15) is 0 Å². The zero-order valence-electron chi connectivity index (χ0n) is 10.2. The predicted octanol–water partition coefficient (Wildman–Crippen LogP) is 1.20. The van der Waals surface area contributed by atoms with Gasteiger partial charge in [0.15, 0.2) is 0 Å². The molecule has 1 aliphatic rings. The van der Waals surface area contributed by atoms with E-state index >= 15 is 0 Å². The first-order valence-corrected chi connectivity index (χ1v) is 6.71. The van der Waals surface area contributed by atoms with Gasteiger partial charge < -0.3 is 10.1 Å². The Balaban J connectivity index is 2.19. The third-order valence-corrected chi connectivity index (χ3v) is 3.63. The van der Waals surface area contributed by atoms with Crippen molar-refractivity contribution in [3.05, 3.63) is 28.3 Å². The van der Waals surface area contributed by atoms with Crippen molar-refractivity contribution in [2.45, 2.75) is 6.04 Å². The van der Waals surface area contributed by atoms with Gasteiger partial charge in [-0.2, -0.15) is 0 Å². The fraction of sp³-hybridized carbons (Fsp3) is 0.364. The van der Waals surface area contributed by atoms with Crippen molar-refractivity contribution < 1.29 is 14.5 Å². The smallest absolute Gasteiger partial charge is 0.296 e. The van der Waals surface area contributed by atoms with E-state index in [0.29, 0.717) is 17.4 Å². The number of nitrogens with one attached hydrogen (secondary N) is 2. The van der Waals surface area contributed by atoms with Gasteiger partial charge in [-0.05, 0) is 12.1 Å². The lowest BCUT2D eigenvalue weighted by Crippen LogP contribution is -2.37. The number of ether oxygens (including phenoxy) is 1. The number of amides is 1. The molecule has 0 aliphatic carbocycles. The minimum atomic E-state index is -0.547. The van der Waals surface area contributed by atoms with Crippen LogP contribution in [0.2, 0.25) is 0 Å². The van der Waals surface area contributed by atoms with Gasteiger partial charge in [-0.3, -0.25) is 20.2 Å². The maximum atomic E-state index is 11.9. The third kappa shape index (κ3) is 3.15. The van der Waals surface area contributed by atoms with Gasteiger partial charge in [-0.25, -0.2) is 0 Å². The number of carbonyl (C=O) groups excluding carboxylic acids is 1. The third-order valence-electron chi connectivity index (χ3n) is 2.69. The Morgan fingerprint density at radius 1 is 1.63 bits per heavy atom. The first-order valence-electron chi connectivity index (χ1n) is 5.56. The van der Waals surface area contributed by atoms with Crippen LogP contribution < -0.4 is 15.4 Å². The van der Waals surface area contributed by atoms with Crippen molar-refractivity contribution in [1.29, 1.82) is 0 Å². The monoisotopic (exact) mass is 283 g/mol. The van der Waals surface area contributed by atoms with Gasteiger partial charge in [0.25, 0.3) is 5.69 Å². The molecule has 8 heteroatoms. The molecule has 7 nitrogen and oxygen atoms in total. The number of hydrogen-bond acceptors (Lipinski definition) is 6. The fourth-order valence-corrected chi connectivity index (χ4v) is 2.62. The average molecular weight is 283 g/mol. The summed E-state index contributed by atoms with van der Waals surface area (Å²) in [4.78, 5) is 22.3. The van der Waals surface area contributed by atoms with Crippen LogP contribution in [0.15, 0.2) is 18.2 Å². The van der Waals surface area contributed by atoms with Crippen molar-refractivity contribution in [3.63, 3.8) is 0 Å². The molecule has 1 saturated heterocycles. The number of thioether (sulfide) groups is 1. The van der Waals surface area contributed by atoms with E-state index in [2.05, 4.69) is 10.6 Å². The molecule has 2 N–H and O–H groups in total. The predicted molar refractivity (Wildman–Crippen MR) is 72.5 cm³/mol. The average Bonchev–Trinajstić information content (AvgIpc) is 2.92. The highest BCUT2D eigenvalue weighted by Crippen LogP contribution is 2.29. The molecule has 2 rings (SSSR count). The van der Waals surface area contributed by atoms with Gasteiger partial charge in [-0.15, -0.1) is 11.8 Å². The zero-order chi connectivity index (χ0) is 13.8. The Morgan fingerprint density at radius 2 is 2.42 bits per heavy atom. The summed E-state index contributed by atoms with van der Waals surface area (Å²) in [5, 5.41) is 16.5. The standard InChI is InChI=1S/C11H13N3O4S/c1-18-7-2-3-8(10(4-7)14(16)17)13-11(15)9-5-19-6-12-9/h2-4,9,12H,5-6H2,1H3,(H,13,15). The van der Waals surface area contributed by atoms with E-state index in [0.717, 1.165) is 0 Å². The molecule has 0 spiro atoms. The lowest BCUT2D eigenvalue weighted by atomic mass is 10.2. The summed E-state index contributed by atoms with van der Waals surface area (Å²) in [5.41, 5.74) is -0.00662. The van der Waals surface area contributed by atoms with Crippen LogP contribution in [0, 0.1) is 10.1 Å². The van der Waals surface area contributed by atoms with E-state index in [1.165, 1.54) is 19.2 Å². The second kappa shape index (κ2) is 5.89. The van der Waals surface area contributed by atoms with E-state index in [4.69, 9.17) is 4.74 Å². The maximum Gasteiger partial charge on any atom is 0.296 e. The van der Waals surface area contributed by atoms with Crippen LogP contribution in [-0.2, 0) is 4.79 Å². The molecule has 1 fully saturated rings. The summed E-state index contributed by atoms with van der Waals surface area (Å²) in [6.07, 6.45) is 0. The molecule has 1 aliphatic heterocycles. The molecule has 0 saturated carbocycles. The first kappa shape index (κ1) is 13.6. The molecule has 0 bridgehead atoms. The molecule has 1 aromatic carbocycles. The number of nitro benzene ring substituents is 1. The van der Waals surface area contributed by atoms with Crippen LogP contribution in [0.5, 0.6) is 5.75 Å². The highest BCUT2D eigenvalue weighted by Gasteiger charge is 2.25. The van der Waals surface area contributed by atoms with Gasteiger partial charge in [-0.1, -0.05) is 0 Å². The topological polar surface area (TPSA) is 93.5 Å². The summed E-state index contributed by atoms with van der Waals surface area (Å²) >= 11 is 1.61. The second-order valence-electron chi connectivity index (χ2n) is 3.90. The fourth-order valence-electron chi connectivity index (χ4n) is 1.68. The van der Waals surface area contributed by atoms with Gasteiger partial charge >= 0.3 is 0 Å². The largest absolute Gasteiger partial charge is 0.496 e. The van der Waals surface area contributed by atoms with Gasteiger partial charge in [0.1, 0.15) is 11.4 Å². The summed E-state index contributed by atoms with van der Waals surface area (Å²) in [6, 6.07) is 4.01. The summed E-state index contributed by atoms with van der Waals surface area (Å²) in [7, 11) is 1.43. The molecular formula is C11H13N3O4S. The van der Waals surface area contributed by atoms with Gasteiger partial charge in [0.2, 0.25) is 5.91 Å². The molecule has 1 atom stereocenters. The van der Waals surface area contributed by atoms with Crippen molar-refractivity contribution >= 4 is 29.0 Å². The lowest BCUT2D eigenvalue weighted by Gasteiger charge is -2.11. The Labute approximate surface area is 113 Å². The van der Waals surface area contributed by atoms with Gasteiger partial charge in [0.05, 0.1) is 24.1 Å². The minimum absolute atomic E-state index is 0.175. The van der Waals surface area contributed by atoms with Crippen LogP contribution in [-0.4, -0.2) is 35.6 Å². The lowest BCUT2D eigenvalue weighted by molar-refractivity contribution is -0.384. The first-order chi connectivity index (χ1) is 9.11. The maximum absolute atomic E-state index is 11.9. The second-order valence-corrected chi connectivity index (χ2v) is 4.93. The summed E-state index contributed by atoms with van der Waals surface area (Å²) < 4.78 is 4.93. The van der Waals surface area contributed by atoms with E-state index in [1.807, 2.05) is 0 Å². The number of rotatable bonds is 4. The van der Waals surface area contributed by atoms with Crippen LogP contribution in [0.25, 0.3) is 0 Å². The van der Waals surface area contributed by atoms with Crippen LogP contribution in [0.4, 0.5) is 11.4 Å². The number of hydrogen-bond donors (Lipinski definition) is 2. The molecule has 0 aromatic heterocycles. The molecule has 102 valence electrons. The number of nitro groups is 1. The van der Waals surface area contributed by atoms with Crippen molar-refractivity contribution in [3.8, 4) is 5.75 Å². The van der Waals surface area contributed by atoms with Crippen molar-refractivity contribution in [1.82, 2.24) is 5.32 Å². The van der Waals surface area contributed by atoms with Crippen LogP contribution >= 0.6 is 11.8 Å². The highest BCUT2D eigenvalue weighted by atomic mass is 32.2. The number of nitrogens with zero attached hydrogens (tertiary/aromatic N) is 1. The Bertz CT molecular complexity index is 503. The van der Waals surface area contributed by atoms with Crippen molar-refractivity contribution in [2.75, 3.05) is 24.1 Å². The molecule has 1 heterocycles. The Morgan fingerprint density at radius 3 is 3.00 bits per heavy atom. The minimum Gasteiger partial charge on any atom is -0.496 e. The number of benzene rings is 1. The van der Waals surface area contributed by atoms with Gasteiger partial charge in [0, 0.05) is 11.6 Å². The van der Waals surface area contributed by atoms with E-state index in [1.54, 1.807) is 17.8 Å². The highest BCUT2D eigenvalue weighted by molar-refractivity contribution is 7.99. The molecule has 0 radical (unpaired) electrons. The Kier molecular flexibility index (Phi) is 4.23. The van der Waals surface area contributed by atoms with E-state index < -0.39 is 4.92 Å². The molecular weight excluding hydrogens is 270 g/mol. The summed E-state index contributed by atoms with van der Waals surface area (Å²) in [6.45, 7) is 0. The van der Waals surface area contributed by atoms with E-state index in [-0.39, 0.29) is 23.3 Å². The molecule has 1 aromatic rings. The molecule has 19 heavy (non-hydrogen) atoms. The Hall–Kier alpha value is -1.80. The number of carbonyl (C=O) groups is 1. The van der Waals surface area contributed by atoms with Crippen molar-refractivity contribution in [2.24, 2.45) is 0 Å². The molecule has 1 unspecified atom stereocenters. The number of methoxy groups -OCH3 is 1. The molecule has 1 amide bonds. The zero-order valence-corrected chi connectivity index (χ0v) is 11.0. The quantitative estimate of drug-likeness (QED) is 0.637.